The van der Waals surface area contributed by atoms with Gasteiger partial charge in [0.2, 0.25) is 0 Å². The van der Waals surface area contributed by atoms with Crippen LogP contribution in [-0.4, -0.2) is 70.3 Å². The van der Waals surface area contributed by atoms with Gasteiger partial charge in [0.05, 0.1) is 24.1 Å². The summed E-state index contributed by atoms with van der Waals surface area (Å²) in [6.45, 7) is 1.14. The van der Waals surface area contributed by atoms with Crippen molar-refractivity contribution in [3.63, 3.8) is 0 Å². The molecule has 1 fully saturated rings. The van der Waals surface area contributed by atoms with E-state index in [9.17, 15) is 9.90 Å². The first kappa shape index (κ1) is 12.9. The van der Waals surface area contributed by atoms with Crippen LogP contribution in [0.2, 0.25) is 0 Å². The normalized spacial score (nSPS) is 23.7. The van der Waals surface area contributed by atoms with Gasteiger partial charge in [-0.15, -0.1) is 0 Å². The van der Waals surface area contributed by atoms with Crippen molar-refractivity contribution < 1.29 is 9.90 Å². The fraction of sp³-hybridized carbons (Fsp3) is 0.583. The van der Waals surface area contributed by atoms with E-state index in [1.165, 1.54) is 12.4 Å². The van der Waals surface area contributed by atoms with E-state index in [1.54, 1.807) is 11.0 Å². The fourth-order valence-corrected chi connectivity index (χ4v) is 2.32. The van der Waals surface area contributed by atoms with E-state index >= 15 is 0 Å². The molecule has 0 spiro atoms. The van der Waals surface area contributed by atoms with E-state index in [-0.39, 0.29) is 11.9 Å². The lowest BCUT2D eigenvalue weighted by atomic mass is 10.2. The van der Waals surface area contributed by atoms with Gasteiger partial charge >= 0.3 is 0 Å². The van der Waals surface area contributed by atoms with Crippen LogP contribution in [0, 0.1) is 0 Å². The summed E-state index contributed by atoms with van der Waals surface area (Å²) < 4.78 is 0. The molecule has 1 saturated heterocycles. The van der Waals surface area contributed by atoms with Crippen LogP contribution >= 0.6 is 0 Å². The second-order valence-electron chi connectivity index (χ2n) is 4.89. The minimum Gasteiger partial charge on any atom is -0.391 e. The average molecular weight is 250 g/mol. The van der Waals surface area contributed by atoms with Gasteiger partial charge in [-0.3, -0.25) is 4.79 Å². The Bertz CT molecular complexity index is 410. The van der Waals surface area contributed by atoms with Crippen molar-refractivity contribution in [1.29, 1.82) is 0 Å². The molecule has 18 heavy (non-hydrogen) atoms. The van der Waals surface area contributed by atoms with Gasteiger partial charge in [0, 0.05) is 19.1 Å². The molecule has 2 atom stereocenters. The van der Waals surface area contributed by atoms with Crippen molar-refractivity contribution >= 4 is 5.91 Å². The minimum absolute atomic E-state index is 0.0515. The second kappa shape index (κ2) is 5.41. The van der Waals surface area contributed by atoms with E-state index in [2.05, 4.69) is 10.2 Å². The fourth-order valence-electron chi connectivity index (χ4n) is 2.32. The maximum atomic E-state index is 12.3. The van der Waals surface area contributed by atoms with Gasteiger partial charge in [-0.2, -0.15) is 10.2 Å². The maximum Gasteiger partial charge on any atom is 0.255 e. The third kappa shape index (κ3) is 2.83. The van der Waals surface area contributed by atoms with E-state index in [0.29, 0.717) is 18.5 Å². The lowest BCUT2D eigenvalue weighted by molar-refractivity contribution is 0.0698. The number of aliphatic hydroxyl groups is 1. The number of likely N-dealkylation sites (tertiary alicyclic amines) is 1. The number of nitrogens with zero attached hydrogens (tertiary/aromatic N) is 4. The highest BCUT2D eigenvalue weighted by Gasteiger charge is 2.34. The van der Waals surface area contributed by atoms with Crippen LogP contribution < -0.4 is 0 Å². The smallest absolute Gasteiger partial charge is 0.255 e. The molecule has 1 aromatic rings. The molecule has 1 aromatic heterocycles. The Morgan fingerprint density at radius 3 is 2.94 bits per heavy atom. The van der Waals surface area contributed by atoms with Crippen LogP contribution in [-0.2, 0) is 0 Å². The molecule has 2 unspecified atom stereocenters. The molecule has 0 saturated carbocycles. The third-order valence-electron chi connectivity index (χ3n) is 3.06. The molecular formula is C12H18N4O2. The summed E-state index contributed by atoms with van der Waals surface area (Å²) in [4.78, 5) is 16.1. The molecule has 0 radical (unpaired) electrons. The molecule has 0 aliphatic carbocycles. The van der Waals surface area contributed by atoms with Crippen molar-refractivity contribution in [2.75, 3.05) is 27.2 Å². The van der Waals surface area contributed by atoms with E-state index in [1.807, 2.05) is 19.0 Å². The largest absolute Gasteiger partial charge is 0.391 e. The van der Waals surface area contributed by atoms with Crippen molar-refractivity contribution in [3.05, 3.63) is 24.0 Å². The van der Waals surface area contributed by atoms with Gasteiger partial charge < -0.3 is 14.9 Å². The number of likely N-dealkylation sites (N-methyl/N-ethyl adjacent to an activating group) is 1. The molecule has 6 heteroatoms. The van der Waals surface area contributed by atoms with Crippen LogP contribution in [0.5, 0.6) is 0 Å². The second-order valence-corrected chi connectivity index (χ2v) is 4.89. The summed E-state index contributed by atoms with van der Waals surface area (Å²) in [5, 5.41) is 17.1. The number of aromatic nitrogens is 2. The van der Waals surface area contributed by atoms with Crippen molar-refractivity contribution in [2.45, 2.75) is 18.6 Å². The molecule has 2 rings (SSSR count). The van der Waals surface area contributed by atoms with E-state index in [4.69, 9.17) is 0 Å². The highest BCUT2D eigenvalue weighted by molar-refractivity contribution is 5.94. The number of amides is 1. The Morgan fingerprint density at radius 1 is 1.56 bits per heavy atom. The van der Waals surface area contributed by atoms with Gasteiger partial charge in [-0.1, -0.05) is 0 Å². The monoisotopic (exact) mass is 250 g/mol. The standard InChI is InChI=1S/C12H18N4O2/c1-15(2)7-10-5-11(17)8-16(10)12(18)9-3-4-13-14-6-9/h3-4,6,10-11,17H,5,7-8H2,1-2H3. The number of β-amino-alcohol motifs (C(OH)–C–C–N with tert-alkyl or cyclic N) is 1. The predicted molar refractivity (Wildman–Crippen MR) is 66.0 cm³/mol. The summed E-state index contributed by atoms with van der Waals surface area (Å²) >= 11 is 0. The van der Waals surface area contributed by atoms with Gasteiger partial charge in [0.25, 0.3) is 5.91 Å². The van der Waals surface area contributed by atoms with E-state index in [0.717, 1.165) is 6.54 Å². The molecule has 2 heterocycles. The van der Waals surface area contributed by atoms with E-state index < -0.39 is 6.10 Å². The number of hydrogen-bond acceptors (Lipinski definition) is 5. The summed E-state index contributed by atoms with van der Waals surface area (Å²) in [6, 6.07) is 1.70. The molecule has 1 aliphatic rings. The molecule has 0 aromatic carbocycles. The topological polar surface area (TPSA) is 69.6 Å². The lowest BCUT2D eigenvalue weighted by Crippen LogP contribution is -2.41. The SMILES string of the molecule is CN(C)CC1CC(O)CN1C(=O)c1ccnnc1. The van der Waals surface area contributed by atoms with Gasteiger partial charge in [-0.25, -0.2) is 0 Å². The van der Waals surface area contributed by atoms with Gasteiger partial charge in [0.1, 0.15) is 0 Å². The number of carbonyl (C=O) groups is 1. The summed E-state index contributed by atoms with van der Waals surface area (Å²) in [5.41, 5.74) is 0.517. The summed E-state index contributed by atoms with van der Waals surface area (Å²) in [7, 11) is 3.92. The van der Waals surface area contributed by atoms with Crippen LogP contribution in [0.25, 0.3) is 0 Å². The zero-order valence-electron chi connectivity index (χ0n) is 10.7. The Balaban J connectivity index is 2.13. The molecule has 1 N–H and O–H groups in total. The zero-order valence-corrected chi connectivity index (χ0v) is 10.7. The first-order valence-corrected chi connectivity index (χ1v) is 5.98. The Labute approximate surface area is 106 Å². The maximum absolute atomic E-state index is 12.3. The number of hydrogen-bond donors (Lipinski definition) is 1. The molecule has 1 aliphatic heterocycles. The predicted octanol–water partition coefficient (Wildman–Crippen LogP) is -0.386. The highest BCUT2D eigenvalue weighted by atomic mass is 16.3. The number of aliphatic hydroxyl groups excluding tert-OH is 1. The molecular weight excluding hydrogens is 232 g/mol. The summed E-state index contributed by atoms with van der Waals surface area (Å²) in [5.74, 6) is -0.0895. The van der Waals surface area contributed by atoms with Gasteiger partial charge in [-0.05, 0) is 26.6 Å². The Morgan fingerprint density at radius 2 is 2.33 bits per heavy atom. The van der Waals surface area contributed by atoms with Crippen LogP contribution in [0.4, 0.5) is 0 Å². The lowest BCUT2D eigenvalue weighted by Gasteiger charge is -2.26. The quantitative estimate of drug-likeness (QED) is 0.791. The molecule has 6 nitrogen and oxygen atoms in total. The van der Waals surface area contributed by atoms with Crippen LogP contribution in [0.15, 0.2) is 18.5 Å². The van der Waals surface area contributed by atoms with Crippen LogP contribution in [0.1, 0.15) is 16.8 Å². The average Bonchev–Trinajstić information content (AvgIpc) is 2.69. The van der Waals surface area contributed by atoms with Crippen molar-refractivity contribution in [3.8, 4) is 0 Å². The molecule has 1 amide bonds. The van der Waals surface area contributed by atoms with Crippen LogP contribution in [0.3, 0.4) is 0 Å². The summed E-state index contributed by atoms with van der Waals surface area (Å²) in [6.07, 6.45) is 3.15. The van der Waals surface area contributed by atoms with Crippen molar-refractivity contribution in [2.24, 2.45) is 0 Å². The first-order valence-electron chi connectivity index (χ1n) is 5.98. The first-order chi connectivity index (χ1) is 8.58. The Kier molecular flexibility index (Phi) is 3.88. The molecule has 0 bridgehead atoms. The third-order valence-corrected chi connectivity index (χ3v) is 3.06. The Hall–Kier alpha value is -1.53. The number of rotatable bonds is 3. The van der Waals surface area contributed by atoms with Gasteiger partial charge in [0.15, 0.2) is 0 Å². The number of carbonyl (C=O) groups excluding carboxylic acids is 1. The molecule has 98 valence electrons. The van der Waals surface area contributed by atoms with Crippen molar-refractivity contribution in [1.82, 2.24) is 20.0 Å². The minimum atomic E-state index is -0.436. The zero-order chi connectivity index (χ0) is 13.1. The highest BCUT2D eigenvalue weighted by Crippen LogP contribution is 2.20.